The number of furan rings is 1. The van der Waals surface area contributed by atoms with Gasteiger partial charge in [-0.15, -0.1) is 0 Å². The highest BCUT2D eigenvalue weighted by Crippen LogP contribution is 2.34. The summed E-state index contributed by atoms with van der Waals surface area (Å²) in [6, 6.07) is 3.56. The molecular formula is C14H17Cl2NO. The van der Waals surface area contributed by atoms with Gasteiger partial charge in [-0.3, -0.25) is 0 Å². The zero-order valence-corrected chi connectivity index (χ0v) is 12.3. The fourth-order valence-electron chi connectivity index (χ4n) is 1.99. The summed E-state index contributed by atoms with van der Waals surface area (Å²) in [5.74, 6) is 1.54. The Kier molecular flexibility index (Phi) is 4.21. The number of nitrogens with one attached hydrogen (secondary N) is 1. The summed E-state index contributed by atoms with van der Waals surface area (Å²) in [6.45, 7) is 8.06. The molecule has 1 heterocycles. The van der Waals surface area contributed by atoms with Gasteiger partial charge in [-0.2, -0.15) is 0 Å². The lowest BCUT2D eigenvalue weighted by Crippen LogP contribution is -2.18. The summed E-state index contributed by atoms with van der Waals surface area (Å²) in [5, 5.41) is 5.57. The van der Waals surface area contributed by atoms with Crippen LogP contribution in [-0.2, 0) is 6.54 Å². The van der Waals surface area contributed by atoms with E-state index in [2.05, 4.69) is 19.2 Å². The highest BCUT2D eigenvalue weighted by Gasteiger charge is 2.14. The summed E-state index contributed by atoms with van der Waals surface area (Å²) in [4.78, 5) is 0. The summed E-state index contributed by atoms with van der Waals surface area (Å²) >= 11 is 12.2. The largest absolute Gasteiger partial charge is 0.459 e. The molecule has 0 fully saturated rings. The lowest BCUT2D eigenvalue weighted by atomic mass is 10.1. The first-order valence-electron chi connectivity index (χ1n) is 6.06. The van der Waals surface area contributed by atoms with Crippen LogP contribution in [0, 0.1) is 12.8 Å². The summed E-state index contributed by atoms with van der Waals surface area (Å²) in [7, 11) is 0. The van der Waals surface area contributed by atoms with Crippen molar-refractivity contribution in [1.82, 2.24) is 5.32 Å². The Morgan fingerprint density at radius 1 is 1.28 bits per heavy atom. The standard InChI is InChI=1S/C14H17Cl2NO/c1-8(2)6-17-7-13-9(3)14-11(16)4-10(15)5-12(14)18-13/h4-5,8,17H,6-7H2,1-3H3. The van der Waals surface area contributed by atoms with Crippen molar-refractivity contribution < 1.29 is 4.42 Å². The predicted molar refractivity (Wildman–Crippen MR) is 77.5 cm³/mol. The second-order valence-corrected chi connectivity index (χ2v) is 5.78. The van der Waals surface area contributed by atoms with E-state index in [0.29, 0.717) is 22.5 Å². The number of fused-ring (bicyclic) bond motifs is 1. The third-order valence-corrected chi connectivity index (χ3v) is 3.40. The molecule has 18 heavy (non-hydrogen) atoms. The van der Waals surface area contributed by atoms with Crippen molar-refractivity contribution >= 4 is 34.2 Å². The third-order valence-electron chi connectivity index (χ3n) is 2.88. The minimum Gasteiger partial charge on any atom is -0.459 e. The molecule has 1 aromatic carbocycles. The highest BCUT2D eigenvalue weighted by molar-refractivity contribution is 6.38. The van der Waals surface area contributed by atoms with Crippen LogP contribution >= 0.6 is 23.2 Å². The quantitative estimate of drug-likeness (QED) is 0.873. The monoisotopic (exact) mass is 285 g/mol. The van der Waals surface area contributed by atoms with Crippen molar-refractivity contribution in [2.24, 2.45) is 5.92 Å². The van der Waals surface area contributed by atoms with Gasteiger partial charge in [-0.05, 0) is 25.5 Å². The average Bonchev–Trinajstić information content (AvgIpc) is 2.55. The number of rotatable bonds is 4. The number of halogens is 2. The Bertz CT molecular complexity index is 560. The number of hydrogen-bond donors (Lipinski definition) is 1. The molecule has 2 nitrogen and oxygen atoms in total. The number of benzene rings is 1. The van der Waals surface area contributed by atoms with Crippen molar-refractivity contribution in [1.29, 1.82) is 0 Å². The van der Waals surface area contributed by atoms with Crippen molar-refractivity contribution in [3.05, 3.63) is 33.5 Å². The van der Waals surface area contributed by atoms with Crippen LogP contribution in [0.25, 0.3) is 11.0 Å². The normalized spacial score (nSPS) is 11.7. The zero-order chi connectivity index (χ0) is 13.3. The van der Waals surface area contributed by atoms with Crippen molar-refractivity contribution in [2.75, 3.05) is 6.54 Å². The fourth-order valence-corrected chi connectivity index (χ4v) is 2.60. The third kappa shape index (κ3) is 2.82. The molecule has 98 valence electrons. The molecule has 2 rings (SSSR count). The van der Waals surface area contributed by atoms with Crippen LogP contribution in [-0.4, -0.2) is 6.54 Å². The SMILES string of the molecule is Cc1c(CNCC(C)C)oc2cc(Cl)cc(Cl)c12. The minimum absolute atomic E-state index is 0.600. The molecule has 1 aromatic heterocycles. The van der Waals surface area contributed by atoms with Crippen molar-refractivity contribution in [3.8, 4) is 0 Å². The number of hydrogen-bond acceptors (Lipinski definition) is 2. The summed E-state index contributed by atoms with van der Waals surface area (Å²) in [6.07, 6.45) is 0. The zero-order valence-electron chi connectivity index (χ0n) is 10.8. The van der Waals surface area contributed by atoms with E-state index >= 15 is 0 Å². The summed E-state index contributed by atoms with van der Waals surface area (Å²) < 4.78 is 5.81. The molecular weight excluding hydrogens is 269 g/mol. The summed E-state index contributed by atoms with van der Waals surface area (Å²) in [5.41, 5.74) is 1.84. The van der Waals surface area contributed by atoms with E-state index in [-0.39, 0.29) is 0 Å². The van der Waals surface area contributed by atoms with E-state index in [1.54, 1.807) is 6.07 Å². The van der Waals surface area contributed by atoms with E-state index in [4.69, 9.17) is 27.6 Å². The Morgan fingerprint density at radius 2 is 2.00 bits per heavy atom. The van der Waals surface area contributed by atoms with Gasteiger partial charge < -0.3 is 9.73 Å². The minimum atomic E-state index is 0.600. The van der Waals surface area contributed by atoms with Crippen LogP contribution < -0.4 is 5.32 Å². The van der Waals surface area contributed by atoms with Gasteiger partial charge in [-0.1, -0.05) is 37.0 Å². The van der Waals surface area contributed by atoms with Crippen LogP contribution in [0.2, 0.25) is 10.0 Å². The second-order valence-electron chi connectivity index (χ2n) is 4.94. The molecule has 0 unspecified atom stereocenters. The van der Waals surface area contributed by atoms with Gasteiger partial charge >= 0.3 is 0 Å². The molecule has 4 heteroatoms. The predicted octanol–water partition coefficient (Wildman–Crippen LogP) is 4.79. The molecule has 0 bridgehead atoms. The van der Waals surface area contributed by atoms with Crippen LogP contribution in [0.3, 0.4) is 0 Å². The van der Waals surface area contributed by atoms with Gasteiger partial charge in [-0.25, -0.2) is 0 Å². The van der Waals surface area contributed by atoms with Crippen LogP contribution in [0.15, 0.2) is 16.5 Å². The van der Waals surface area contributed by atoms with Crippen molar-refractivity contribution in [2.45, 2.75) is 27.3 Å². The molecule has 0 spiro atoms. The fraction of sp³-hybridized carbons (Fsp3) is 0.429. The number of aryl methyl sites for hydroxylation is 1. The van der Waals surface area contributed by atoms with E-state index in [0.717, 1.165) is 28.8 Å². The Hall–Kier alpha value is -0.700. The molecule has 0 aliphatic heterocycles. The molecule has 2 aromatic rings. The van der Waals surface area contributed by atoms with Gasteiger partial charge in [0.15, 0.2) is 0 Å². The maximum absolute atomic E-state index is 6.20. The van der Waals surface area contributed by atoms with E-state index in [1.807, 2.05) is 13.0 Å². The smallest absolute Gasteiger partial charge is 0.137 e. The molecule has 0 saturated carbocycles. The molecule has 0 radical (unpaired) electrons. The second kappa shape index (κ2) is 5.52. The molecule has 0 atom stereocenters. The molecule has 0 amide bonds. The average molecular weight is 286 g/mol. The lowest BCUT2D eigenvalue weighted by Gasteiger charge is -2.05. The van der Waals surface area contributed by atoms with Gasteiger partial charge in [0.05, 0.1) is 11.6 Å². The van der Waals surface area contributed by atoms with Gasteiger partial charge in [0.2, 0.25) is 0 Å². The first-order chi connectivity index (χ1) is 8.49. The molecule has 0 aliphatic carbocycles. The maximum atomic E-state index is 6.20. The van der Waals surface area contributed by atoms with E-state index in [1.165, 1.54) is 0 Å². The lowest BCUT2D eigenvalue weighted by molar-refractivity contribution is 0.482. The first-order valence-corrected chi connectivity index (χ1v) is 6.82. The maximum Gasteiger partial charge on any atom is 0.137 e. The Morgan fingerprint density at radius 3 is 2.67 bits per heavy atom. The van der Waals surface area contributed by atoms with Crippen LogP contribution in [0.4, 0.5) is 0 Å². The van der Waals surface area contributed by atoms with Gasteiger partial charge in [0.1, 0.15) is 11.3 Å². The van der Waals surface area contributed by atoms with E-state index in [9.17, 15) is 0 Å². The molecule has 0 saturated heterocycles. The molecule has 1 N–H and O–H groups in total. The van der Waals surface area contributed by atoms with Gasteiger partial charge in [0.25, 0.3) is 0 Å². The van der Waals surface area contributed by atoms with Crippen LogP contribution in [0.1, 0.15) is 25.2 Å². The highest BCUT2D eigenvalue weighted by atomic mass is 35.5. The van der Waals surface area contributed by atoms with Crippen LogP contribution in [0.5, 0.6) is 0 Å². The first kappa shape index (κ1) is 13.7. The van der Waals surface area contributed by atoms with Crippen molar-refractivity contribution in [3.63, 3.8) is 0 Å². The van der Waals surface area contributed by atoms with Gasteiger partial charge in [0, 0.05) is 22.0 Å². The molecule has 0 aliphatic rings. The Balaban J connectivity index is 2.30. The Labute approximate surface area is 117 Å². The van der Waals surface area contributed by atoms with E-state index < -0.39 is 0 Å². The topological polar surface area (TPSA) is 25.2 Å².